The minimum Gasteiger partial charge on any atom is -0.390 e. The van der Waals surface area contributed by atoms with Crippen molar-refractivity contribution in [3.05, 3.63) is 42.1 Å². The first-order valence-electron chi connectivity index (χ1n) is 7.95. The number of hydrogen-bond acceptors (Lipinski definition) is 5. The summed E-state index contributed by atoms with van der Waals surface area (Å²) < 4.78 is 16.3. The smallest absolute Gasteiger partial charge is 0.390 e. The maximum atomic E-state index is 5.43. The van der Waals surface area contributed by atoms with Crippen molar-refractivity contribution in [1.82, 2.24) is 10.2 Å². The highest BCUT2D eigenvalue weighted by Gasteiger charge is 2.36. The standard InChI is InChI=1S/C17H30N2O3Si/c1-19(14-8-16-23(20-2,21-3)22-4)15-13-18-12-11-17-9-6-5-7-10-17/h5-7,9-12,18H,8,13-16H2,1-4H3/b12-11+. The van der Waals surface area contributed by atoms with Gasteiger partial charge >= 0.3 is 8.80 Å². The fraction of sp³-hybridized carbons (Fsp3) is 0.529. The first-order chi connectivity index (χ1) is 11.2. The first kappa shape index (κ1) is 19.9. The molecular weight excluding hydrogens is 308 g/mol. The molecule has 0 unspecified atom stereocenters. The summed E-state index contributed by atoms with van der Waals surface area (Å²) in [5.41, 5.74) is 1.20. The Kier molecular flexibility index (Phi) is 9.82. The number of nitrogens with zero attached hydrogens (tertiary/aromatic N) is 1. The molecule has 0 aliphatic carbocycles. The molecule has 0 spiro atoms. The molecule has 5 nitrogen and oxygen atoms in total. The Balaban J connectivity index is 2.15. The van der Waals surface area contributed by atoms with Crippen molar-refractivity contribution >= 4 is 14.9 Å². The lowest BCUT2D eigenvalue weighted by Gasteiger charge is -2.25. The van der Waals surface area contributed by atoms with Gasteiger partial charge in [-0.1, -0.05) is 30.3 Å². The zero-order valence-electron chi connectivity index (χ0n) is 14.7. The summed E-state index contributed by atoms with van der Waals surface area (Å²) in [5, 5.41) is 3.32. The van der Waals surface area contributed by atoms with Crippen LogP contribution in [0.4, 0.5) is 0 Å². The molecule has 0 aromatic heterocycles. The van der Waals surface area contributed by atoms with Crippen molar-refractivity contribution in [1.29, 1.82) is 0 Å². The zero-order chi connectivity index (χ0) is 17.0. The minimum atomic E-state index is -2.42. The summed E-state index contributed by atoms with van der Waals surface area (Å²) in [5.74, 6) is 0. The van der Waals surface area contributed by atoms with Crippen LogP contribution in [0.25, 0.3) is 6.08 Å². The molecule has 1 aromatic rings. The Hall–Kier alpha value is -1.18. The monoisotopic (exact) mass is 338 g/mol. The van der Waals surface area contributed by atoms with Crippen LogP contribution in [0.3, 0.4) is 0 Å². The highest BCUT2D eigenvalue weighted by molar-refractivity contribution is 6.60. The Bertz CT molecular complexity index is 430. The van der Waals surface area contributed by atoms with Gasteiger partial charge in [-0.05, 0) is 37.9 Å². The molecule has 0 saturated carbocycles. The molecule has 0 amide bonds. The lowest BCUT2D eigenvalue weighted by atomic mass is 10.2. The van der Waals surface area contributed by atoms with Crippen LogP contribution < -0.4 is 5.32 Å². The third kappa shape index (κ3) is 7.76. The van der Waals surface area contributed by atoms with E-state index in [1.807, 2.05) is 24.4 Å². The molecule has 0 radical (unpaired) electrons. The van der Waals surface area contributed by atoms with Gasteiger partial charge in [-0.25, -0.2) is 0 Å². The maximum absolute atomic E-state index is 5.43. The van der Waals surface area contributed by atoms with E-state index < -0.39 is 8.80 Å². The number of benzene rings is 1. The minimum absolute atomic E-state index is 0.835. The predicted octanol–water partition coefficient (Wildman–Crippen LogP) is 2.45. The van der Waals surface area contributed by atoms with Crippen LogP contribution in [-0.2, 0) is 13.3 Å². The van der Waals surface area contributed by atoms with Crippen LogP contribution >= 0.6 is 0 Å². The van der Waals surface area contributed by atoms with Crippen LogP contribution in [-0.4, -0.2) is 61.7 Å². The quantitative estimate of drug-likeness (QED) is 0.468. The molecule has 1 rings (SSSR count). The van der Waals surface area contributed by atoms with Crippen LogP contribution in [0.5, 0.6) is 0 Å². The van der Waals surface area contributed by atoms with E-state index in [1.54, 1.807) is 21.3 Å². The van der Waals surface area contributed by atoms with Crippen LogP contribution in [0, 0.1) is 0 Å². The normalized spacial score (nSPS) is 12.2. The molecule has 0 aliphatic heterocycles. The lowest BCUT2D eigenvalue weighted by molar-refractivity contribution is 0.122. The summed E-state index contributed by atoms with van der Waals surface area (Å²) in [6.45, 7) is 2.90. The third-order valence-corrected chi connectivity index (χ3v) is 6.62. The van der Waals surface area contributed by atoms with Gasteiger partial charge in [0.2, 0.25) is 0 Å². The third-order valence-electron chi connectivity index (χ3n) is 3.79. The second kappa shape index (κ2) is 11.4. The van der Waals surface area contributed by atoms with Gasteiger partial charge in [-0.2, -0.15) is 0 Å². The summed E-state index contributed by atoms with van der Waals surface area (Å²) in [4.78, 5) is 2.30. The largest absolute Gasteiger partial charge is 0.500 e. The van der Waals surface area contributed by atoms with Crippen molar-refractivity contribution < 1.29 is 13.3 Å². The summed E-state index contributed by atoms with van der Waals surface area (Å²) in [7, 11) is 4.68. The molecule has 0 atom stereocenters. The summed E-state index contributed by atoms with van der Waals surface area (Å²) in [6, 6.07) is 11.1. The van der Waals surface area contributed by atoms with Crippen LogP contribution in [0.2, 0.25) is 6.04 Å². The molecule has 0 aliphatic rings. The van der Waals surface area contributed by atoms with Gasteiger partial charge in [0.1, 0.15) is 0 Å². The van der Waals surface area contributed by atoms with Crippen LogP contribution in [0.1, 0.15) is 12.0 Å². The molecule has 6 heteroatoms. The average molecular weight is 339 g/mol. The van der Waals surface area contributed by atoms with Gasteiger partial charge in [0.25, 0.3) is 0 Å². The van der Waals surface area contributed by atoms with Gasteiger partial charge in [0, 0.05) is 40.5 Å². The fourth-order valence-corrected chi connectivity index (χ4v) is 4.00. The molecular formula is C17H30N2O3Si. The average Bonchev–Trinajstić information content (AvgIpc) is 2.60. The zero-order valence-corrected chi connectivity index (χ0v) is 15.7. The van der Waals surface area contributed by atoms with E-state index in [2.05, 4.69) is 35.5 Å². The molecule has 0 heterocycles. The molecule has 0 saturated heterocycles. The molecule has 0 bridgehead atoms. The number of rotatable bonds is 12. The van der Waals surface area contributed by atoms with Crippen molar-refractivity contribution in [3.8, 4) is 0 Å². The van der Waals surface area contributed by atoms with Gasteiger partial charge in [-0.3, -0.25) is 0 Å². The summed E-state index contributed by atoms with van der Waals surface area (Å²) >= 11 is 0. The second-order valence-corrected chi connectivity index (χ2v) is 8.49. The van der Waals surface area contributed by atoms with Gasteiger partial charge in [0.05, 0.1) is 0 Å². The van der Waals surface area contributed by atoms with Crippen molar-refractivity contribution in [2.24, 2.45) is 0 Å². The Labute approximate surface area is 141 Å². The van der Waals surface area contributed by atoms with E-state index >= 15 is 0 Å². The van der Waals surface area contributed by atoms with Crippen molar-refractivity contribution in [2.45, 2.75) is 12.5 Å². The van der Waals surface area contributed by atoms with E-state index in [1.165, 1.54) is 5.56 Å². The van der Waals surface area contributed by atoms with Crippen LogP contribution in [0.15, 0.2) is 36.5 Å². The highest BCUT2D eigenvalue weighted by Crippen LogP contribution is 2.14. The van der Waals surface area contributed by atoms with E-state index in [0.717, 1.165) is 32.1 Å². The topological polar surface area (TPSA) is 43.0 Å². The van der Waals surface area contributed by atoms with Gasteiger partial charge in [-0.15, -0.1) is 0 Å². The van der Waals surface area contributed by atoms with Gasteiger partial charge < -0.3 is 23.5 Å². The number of likely N-dealkylation sites (N-methyl/N-ethyl adjacent to an activating group) is 1. The Morgan fingerprint density at radius 3 is 2.30 bits per heavy atom. The van der Waals surface area contributed by atoms with E-state index in [-0.39, 0.29) is 0 Å². The maximum Gasteiger partial charge on any atom is 0.500 e. The Morgan fingerprint density at radius 2 is 1.70 bits per heavy atom. The van der Waals surface area contributed by atoms with E-state index in [9.17, 15) is 0 Å². The molecule has 1 N–H and O–H groups in total. The summed E-state index contributed by atoms with van der Waals surface area (Å²) in [6.07, 6.45) is 5.08. The number of hydrogen-bond donors (Lipinski definition) is 1. The van der Waals surface area contributed by atoms with Crippen molar-refractivity contribution in [3.63, 3.8) is 0 Å². The van der Waals surface area contributed by atoms with E-state index in [4.69, 9.17) is 13.3 Å². The number of nitrogens with one attached hydrogen (secondary N) is 1. The fourth-order valence-electron chi connectivity index (χ4n) is 2.29. The molecule has 23 heavy (non-hydrogen) atoms. The SMILES string of the molecule is CO[Si](CCCN(C)CCN/C=C/c1ccccc1)(OC)OC. The molecule has 1 aromatic carbocycles. The lowest BCUT2D eigenvalue weighted by Crippen LogP contribution is -2.43. The van der Waals surface area contributed by atoms with Crippen molar-refractivity contribution in [2.75, 3.05) is 48.0 Å². The second-order valence-electron chi connectivity index (χ2n) is 5.40. The molecule has 0 fully saturated rings. The molecule has 130 valence electrons. The van der Waals surface area contributed by atoms with Gasteiger partial charge in [0.15, 0.2) is 0 Å². The first-order valence-corrected chi connectivity index (χ1v) is 9.88. The Morgan fingerprint density at radius 1 is 1.04 bits per heavy atom. The highest BCUT2D eigenvalue weighted by atomic mass is 28.4. The van der Waals surface area contributed by atoms with E-state index in [0.29, 0.717) is 0 Å². The predicted molar refractivity (Wildman–Crippen MR) is 97.2 cm³/mol.